The smallest absolute Gasteiger partial charge is 0.364 e. The van der Waals surface area contributed by atoms with Crippen LogP contribution in [0.2, 0.25) is 0 Å². The number of benzene rings is 2. The summed E-state index contributed by atoms with van der Waals surface area (Å²) in [4.78, 5) is 0. The SMILES string of the molecule is CCOc1cc(-c2ccc(O)c(O)c2)[o+]c2ccc(C(C)(C)C)cc12. The van der Waals surface area contributed by atoms with Crippen LogP contribution in [0.25, 0.3) is 22.3 Å². The van der Waals surface area contributed by atoms with Crippen LogP contribution in [0.3, 0.4) is 0 Å². The van der Waals surface area contributed by atoms with Crippen LogP contribution >= 0.6 is 0 Å². The van der Waals surface area contributed by atoms with E-state index in [1.807, 2.05) is 19.1 Å². The van der Waals surface area contributed by atoms with Crippen LogP contribution in [0.15, 0.2) is 46.9 Å². The Morgan fingerprint density at radius 2 is 1.72 bits per heavy atom. The highest BCUT2D eigenvalue weighted by molar-refractivity contribution is 5.86. The number of phenols is 2. The molecular weight excluding hydrogens is 316 g/mol. The van der Waals surface area contributed by atoms with Gasteiger partial charge in [0, 0.05) is 12.1 Å². The summed E-state index contributed by atoms with van der Waals surface area (Å²) in [6.45, 7) is 8.98. The number of phenolic OH excluding ortho intramolecular Hbond substituents is 2. The first-order valence-corrected chi connectivity index (χ1v) is 8.36. The molecule has 3 aromatic rings. The first-order valence-electron chi connectivity index (χ1n) is 8.36. The maximum atomic E-state index is 9.75. The van der Waals surface area contributed by atoms with E-state index in [1.54, 1.807) is 6.07 Å². The van der Waals surface area contributed by atoms with Gasteiger partial charge in [0.15, 0.2) is 11.5 Å². The first-order chi connectivity index (χ1) is 11.8. The zero-order chi connectivity index (χ0) is 18.2. The Hall–Kier alpha value is -2.75. The van der Waals surface area contributed by atoms with E-state index >= 15 is 0 Å². The molecule has 3 rings (SSSR count). The van der Waals surface area contributed by atoms with Gasteiger partial charge in [-0.05, 0) is 42.2 Å². The summed E-state index contributed by atoms with van der Waals surface area (Å²) in [6, 6.07) is 12.5. The van der Waals surface area contributed by atoms with Crippen LogP contribution in [0.1, 0.15) is 33.3 Å². The molecule has 0 amide bonds. The maximum absolute atomic E-state index is 9.75. The van der Waals surface area contributed by atoms with Gasteiger partial charge in [0.05, 0.1) is 18.2 Å². The Morgan fingerprint density at radius 1 is 0.960 bits per heavy atom. The normalized spacial score (nSPS) is 11.7. The third kappa shape index (κ3) is 3.38. The monoisotopic (exact) mass is 339 g/mol. The molecule has 0 spiro atoms. The van der Waals surface area contributed by atoms with Gasteiger partial charge in [-0.3, -0.25) is 0 Å². The molecule has 2 aromatic carbocycles. The predicted molar refractivity (Wildman–Crippen MR) is 99.3 cm³/mol. The molecule has 130 valence electrons. The average Bonchev–Trinajstić information content (AvgIpc) is 2.56. The summed E-state index contributed by atoms with van der Waals surface area (Å²) < 4.78 is 11.9. The van der Waals surface area contributed by atoms with E-state index in [2.05, 4.69) is 32.9 Å². The molecule has 2 N–H and O–H groups in total. The molecule has 0 aliphatic carbocycles. The van der Waals surface area contributed by atoms with Crippen molar-refractivity contribution in [2.45, 2.75) is 33.1 Å². The van der Waals surface area contributed by atoms with Crippen molar-refractivity contribution >= 4 is 11.0 Å². The quantitative estimate of drug-likeness (QED) is 0.489. The fourth-order valence-corrected chi connectivity index (χ4v) is 2.72. The van der Waals surface area contributed by atoms with Crippen LogP contribution in [-0.2, 0) is 5.41 Å². The molecule has 0 radical (unpaired) electrons. The standard InChI is InChI=1S/C21H22O4/c1-5-24-20-12-19(13-6-8-16(22)17(23)10-13)25-18-9-7-14(11-15(18)20)21(2,3)4/h6-12H,5H2,1-4H3,(H-,22,23)/p+1. The van der Waals surface area contributed by atoms with Crippen molar-refractivity contribution in [2.75, 3.05) is 6.61 Å². The molecular formula is C21H23O4+. The average molecular weight is 339 g/mol. The van der Waals surface area contributed by atoms with Gasteiger partial charge in [-0.15, -0.1) is 0 Å². The fourth-order valence-electron chi connectivity index (χ4n) is 2.72. The van der Waals surface area contributed by atoms with Gasteiger partial charge in [-0.2, -0.15) is 0 Å². The number of hydrogen-bond donors (Lipinski definition) is 2. The zero-order valence-electron chi connectivity index (χ0n) is 15.0. The Bertz CT molecular complexity index is 923. The van der Waals surface area contributed by atoms with Gasteiger partial charge in [0.1, 0.15) is 11.1 Å². The van der Waals surface area contributed by atoms with E-state index in [-0.39, 0.29) is 16.9 Å². The lowest BCUT2D eigenvalue weighted by Crippen LogP contribution is -2.10. The van der Waals surface area contributed by atoms with Gasteiger partial charge in [-0.1, -0.05) is 20.8 Å². The third-order valence-corrected chi connectivity index (χ3v) is 4.15. The van der Waals surface area contributed by atoms with Crippen LogP contribution in [0, 0.1) is 0 Å². The number of hydrogen-bond acceptors (Lipinski definition) is 3. The molecule has 4 nitrogen and oxygen atoms in total. The van der Waals surface area contributed by atoms with Crippen LogP contribution in [0.4, 0.5) is 0 Å². The van der Waals surface area contributed by atoms with Gasteiger partial charge in [0.2, 0.25) is 0 Å². The van der Waals surface area contributed by atoms with Crippen LogP contribution in [-0.4, -0.2) is 16.8 Å². The van der Waals surface area contributed by atoms with Crippen molar-refractivity contribution in [1.82, 2.24) is 0 Å². The fraction of sp³-hybridized carbons (Fsp3) is 0.286. The summed E-state index contributed by atoms with van der Waals surface area (Å²) in [5, 5.41) is 20.2. The second-order valence-corrected chi connectivity index (χ2v) is 7.07. The predicted octanol–water partition coefficient (Wildman–Crippen LogP) is 5.49. The highest BCUT2D eigenvalue weighted by atomic mass is 16.5. The van der Waals surface area contributed by atoms with Gasteiger partial charge in [0.25, 0.3) is 0 Å². The molecule has 25 heavy (non-hydrogen) atoms. The van der Waals surface area contributed by atoms with Crippen molar-refractivity contribution in [3.63, 3.8) is 0 Å². The van der Waals surface area contributed by atoms with E-state index in [9.17, 15) is 10.2 Å². The molecule has 1 heterocycles. The molecule has 0 unspecified atom stereocenters. The van der Waals surface area contributed by atoms with Crippen molar-refractivity contribution in [3.8, 4) is 28.6 Å². The lowest BCUT2D eigenvalue weighted by Gasteiger charge is -2.18. The molecule has 0 saturated carbocycles. The van der Waals surface area contributed by atoms with E-state index in [0.29, 0.717) is 23.5 Å². The van der Waals surface area contributed by atoms with Crippen molar-refractivity contribution in [3.05, 3.63) is 48.0 Å². The Balaban J connectivity index is 2.20. The summed E-state index contributed by atoms with van der Waals surface area (Å²) in [5.41, 5.74) is 2.60. The lowest BCUT2D eigenvalue weighted by atomic mass is 9.86. The second kappa shape index (κ2) is 6.28. The number of aromatic hydroxyl groups is 2. The number of rotatable bonds is 3. The maximum Gasteiger partial charge on any atom is 0.364 e. The number of fused-ring (bicyclic) bond motifs is 1. The summed E-state index contributed by atoms with van der Waals surface area (Å²) in [5.74, 6) is 0.949. The Kier molecular flexibility index (Phi) is 4.29. The first kappa shape index (κ1) is 17.1. The minimum Gasteiger partial charge on any atom is -0.504 e. The minimum atomic E-state index is -0.186. The highest BCUT2D eigenvalue weighted by Gasteiger charge is 2.23. The van der Waals surface area contributed by atoms with Crippen molar-refractivity contribution < 1.29 is 19.4 Å². The molecule has 0 bridgehead atoms. The summed E-state index contributed by atoms with van der Waals surface area (Å²) >= 11 is 0. The van der Waals surface area contributed by atoms with Crippen LogP contribution < -0.4 is 4.74 Å². The Morgan fingerprint density at radius 3 is 2.36 bits per heavy atom. The highest BCUT2D eigenvalue weighted by Crippen LogP contribution is 2.37. The van der Waals surface area contributed by atoms with E-state index < -0.39 is 0 Å². The molecule has 4 heteroatoms. The largest absolute Gasteiger partial charge is 0.504 e. The van der Waals surface area contributed by atoms with E-state index in [0.717, 1.165) is 11.1 Å². The molecule has 0 aliphatic rings. The summed E-state index contributed by atoms with van der Waals surface area (Å²) in [7, 11) is 0. The van der Waals surface area contributed by atoms with Crippen molar-refractivity contribution in [2.24, 2.45) is 0 Å². The van der Waals surface area contributed by atoms with Gasteiger partial charge < -0.3 is 14.9 Å². The molecule has 0 saturated heterocycles. The second-order valence-electron chi connectivity index (χ2n) is 7.07. The van der Waals surface area contributed by atoms with Crippen molar-refractivity contribution in [1.29, 1.82) is 0 Å². The van der Waals surface area contributed by atoms with Gasteiger partial charge in [-0.25, -0.2) is 4.42 Å². The number of ether oxygens (including phenoxy) is 1. The Labute approximate surface area is 147 Å². The third-order valence-electron chi connectivity index (χ3n) is 4.15. The van der Waals surface area contributed by atoms with Crippen LogP contribution in [0.5, 0.6) is 17.2 Å². The van der Waals surface area contributed by atoms with E-state index in [4.69, 9.17) is 9.15 Å². The molecule has 1 aromatic heterocycles. The zero-order valence-corrected chi connectivity index (χ0v) is 15.0. The summed E-state index contributed by atoms with van der Waals surface area (Å²) in [6.07, 6.45) is 0. The van der Waals surface area contributed by atoms with Gasteiger partial charge >= 0.3 is 11.3 Å². The minimum absolute atomic E-state index is 0.0269. The topological polar surface area (TPSA) is 61.0 Å². The molecule has 0 aliphatic heterocycles. The molecule has 0 atom stereocenters. The van der Waals surface area contributed by atoms with E-state index in [1.165, 1.54) is 17.7 Å². The lowest BCUT2D eigenvalue weighted by molar-refractivity contribution is 0.342. The molecule has 0 fully saturated rings.